The standard InChI is InChI=1S/C9H9N3OS/c10-9(11)13-14-8-5-12-7-4-2-1-3-6(7)8/h1-5,12H,(H3,10,11)/p+1. The van der Waals surface area contributed by atoms with Crippen LogP contribution < -0.4 is 11.1 Å². The number of H-pyrrole nitrogens is 1. The first-order valence-electron chi connectivity index (χ1n) is 4.06. The number of nitrogens with two attached hydrogens (primary N) is 2. The molecule has 0 unspecified atom stereocenters. The van der Waals surface area contributed by atoms with Crippen molar-refractivity contribution in [1.82, 2.24) is 4.98 Å². The van der Waals surface area contributed by atoms with E-state index in [9.17, 15) is 0 Å². The van der Waals surface area contributed by atoms with E-state index in [1.165, 1.54) is 0 Å². The molecule has 0 radical (unpaired) electrons. The molecule has 2 rings (SSSR count). The van der Waals surface area contributed by atoms with Crippen LogP contribution in [-0.4, -0.2) is 11.0 Å². The van der Waals surface area contributed by atoms with Gasteiger partial charge < -0.3 is 9.17 Å². The van der Waals surface area contributed by atoms with Crippen LogP contribution >= 0.6 is 12.0 Å². The van der Waals surface area contributed by atoms with Gasteiger partial charge in [-0.05, 0) is 6.07 Å². The molecule has 0 bridgehead atoms. The highest BCUT2D eigenvalue weighted by Crippen LogP contribution is 2.27. The van der Waals surface area contributed by atoms with Crippen molar-refractivity contribution < 1.29 is 9.59 Å². The van der Waals surface area contributed by atoms with Crippen molar-refractivity contribution in [3.05, 3.63) is 30.5 Å². The normalized spacial score (nSPS) is 10.3. The molecule has 0 aliphatic rings. The van der Waals surface area contributed by atoms with Crippen LogP contribution in [-0.2, 0) is 4.18 Å². The van der Waals surface area contributed by atoms with Crippen molar-refractivity contribution in [3.8, 4) is 0 Å². The maximum Gasteiger partial charge on any atom is 0.450 e. The second-order valence-corrected chi connectivity index (χ2v) is 3.54. The van der Waals surface area contributed by atoms with E-state index in [-0.39, 0.29) is 6.02 Å². The van der Waals surface area contributed by atoms with Gasteiger partial charge in [0.25, 0.3) is 0 Å². The summed E-state index contributed by atoms with van der Waals surface area (Å²) in [5.74, 6) is 0. The molecule has 1 aromatic heterocycles. The average molecular weight is 208 g/mol. The Bertz CT molecular complexity index is 466. The van der Waals surface area contributed by atoms with E-state index in [0.717, 1.165) is 27.8 Å². The zero-order valence-electron chi connectivity index (χ0n) is 7.36. The van der Waals surface area contributed by atoms with Gasteiger partial charge in [-0.15, -0.1) is 0 Å². The monoisotopic (exact) mass is 208 g/mol. The molecular weight excluding hydrogens is 198 g/mol. The third-order valence-electron chi connectivity index (χ3n) is 1.78. The number of nitrogens with one attached hydrogen (secondary N) is 1. The minimum absolute atomic E-state index is 0.0414. The molecule has 2 aromatic rings. The Kier molecular flexibility index (Phi) is 2.32. The molecule has 0 aliphatic carbocycles. The molecule has 0 spiro atoms. The first kappa shape index (κ1) is 8.96. The zero-order valence-corrected chi connectivity index (χ0v) is 8.17. The lowest BCUT2D eigenvalue weighted by atomic mass is 10.2. The summed E-state index contributed by atoms with van der Waals surface area (Å²) in [6, 6.07) is 7.90. The van der Waals surface area contributed by atoms with E-state index in [4.69, 9.17) is 15.3 Å². The molecule has 5 heteroatoms. The minimum atomic E-state index is -0.0414. The Morgan fingerprint density at radius 1 is 1.43 bits per heavy atom. The predicted molar refractivity (Wildman–Crippen MR) is 56.4 cm³/mol. The summed E-state index contributed by atoms with van der Waals surface area (Å²) in [6.07, 6.45) is 1.86. The third-order valence-corrected chi connectivity index (χ3v) is 2.57. The number of amidine groups is 1. The summed E-state index contributed by atoms with van der Waals surface area (Å²) in [5, 5.41) is 6.29. The van der Waals surface area contributed by atoms with Crippen molar-refractivity contribution in [2.24, 2.45) is 5.73 Å². The molecule has 1 aromatic carbocycles. The van der Waals surface area contributed by atoms with E-state index >= 15 is 0 Å². The number of para-hydroxylation sites is 1. The summed E-state index contributed by atoms with van der Waals surface area (Å²) in [4.78, 5) is 4.09. The number of aromatic amines is 1. The Morgan fingerprint density at radius 3 is 3.00 bits per heavy atom. The highest BCUT2D eigenvalue weighted by Gasteiger charge is 2.06. The maximum absolute atomic E-state index is 5.19. The Labute approximate surface area is 85.2 Å². The summed E-state index contributed by atoms with van der Waals surface area (Å²) in [7, 11) is 0. The first-order valence-corrected chi connectivity index (χ1v) is 4.80. The van der Waals surface area contributed by atoms with Crippen LogP contribution in [0.25, 0.3) is 10.9 Å². The van der Waals surface area contributed by atoms with Crippen LogP contribution in [0.5, 0.6) is 0 Å². The van der Waals surface area contributed by atoms with Crippen molar-refractivity contribution in [2.75, 3.05) is 0 Å². The van der Waals surface area contributed by atoms with E-state index in [0.29, 0.717) is 0 Å². The number of hydrogen-bond acceptors (Lipinski definition) is 2. The SMILES string of the molecule is NC(=[NH2+])OSc1c[nH]c2ccccc12. The predicted octanol–water partition coefficient (Wildman–Crippen LogP) is 0.265. The fourth-order valence-electron chi connectivity index (χ4n) is 1.21. The highest BCUT2D eigenvalue weighted by atomic mass is 32.2. The van der Waals surface area contributed by atoms with E-state index < -0.39 is 0 Å². The summed E-state index contributed by atoms with van der Waals surface area (Å²) >= 11 is 1.15. The van der Waals surface area contributed by atoms with Gasteiger partial charge in [0.1, 0.15) is 12.0 Å². The number of benzene rings is 1. The van der Waals surface area contributed by atoms with Crippen LogP contribution in [0.4, 0.5) is 0 Å². The van der Waals surface area contributed by atoms with Gasteiger partial charge in [0.2, 0.25) is 0 Å². The molecule has 0 atom stereocenters. The topological polar surface area (TPSA) is 76.6 Å². The van der Waals surface area contributed by atoms with Gasteiger partial charge >= 0.3 is 6.02 Å². The fourth-order valence-corrected chi connectivity index (χ4v) is 1.77. The molecule has 72 valence electrons. The Balaban J connectivity index is 2.29. The smallest absolute Gasteiger partial charge is 0.360 e. The van der Waals surface area contributed by atoms with Gasteiger partial charge in [0, 0.05) is 17.1 Å². The van der Waals surface area contributed by atoms with E-state index in [1.54, 1.807) is 0 Å². The van der Waals surface area contributed by atoms with Crippen molar-refractivity contribution in [1.29, 1.82) is 0 Å². The van der Waals surface area contributed by atoms with Gasteiger partial charge in [-0.25, -0.2) is 0 Å². The summed E-state index contributed by atoms with van der Waals surface area (Å²) in [5.41, 5.74) is 6.26. The van der Waals surface area contributed by atoms with Crippen LogP contribution in [0, 0.1) is 0 Å². The second kappa shape index (κ2) is 3.63. The molecule has 1 heterocycles. The van der Waals surface area contributed by atoms with Crippen molar-refractivity contribution in [2.45, 2.75) is 4.90 Å². The van der Waals surface area contributed by atoms with Crippen molar-refractivity contribution >= 4 is 29.0 Å². The number of fused-ring (bicyclic) bond motifs is 1. The second-order valence-electron chi connectivity index (χ2n) is 2.77. The van der Waals surface area contributed by atoms with Crippen LogP contribution in [0.15, 0.2) is 35.4 Å². The minimum Gasteiger partial charge on any atom is -0.360 e. The lowest BCUT2D eigenvalue weighted by Crippen LogP contribution is -2.46. The fraction of sp³-hybridized carbons (Fsp3) is 0. The molecule has 4 nitrogen and oxygen atoms in total. The molecule has 0 aliphatic heterocycles. The Morgan fingerprint density at radius 2 is 2.21 bits per heavy atom. The lowest BCUT2D eigenvalue weighted by Gasteiger charge is -1.95. The first-order chi connectivity index (χ1) is 6.77. The van der Waals surface area contributed by atoms with E-state index in [2.05, 4.69) is 4.98 Å². The van der Waals surface area contributed by atoms with Crippen LogP contribution in [0.2, 0.25) is 0 Å². The lowest BCUT2D eigenvalue weighted by molar-refractivity contribution is -0.131. The highest BCUT2D eigenvalue weighted by molar-refractivity contribution is 7.95. The summed E-state index contributed by atoms with van der Waals surface area (Å²) in [6.45, 7) is 0. The molecule has 0 saturated carbocycles. The van der Waals surface area contributed by atoms with Crippen LogP contribution in [0.3, 0.4) is 0 Å². The molecule has 14 heavy (non-hydrogen) atoms. The molecular formula is C9H10N3OS+. The quantitative estimate of drug-likeness (QED) is 0.376. The molecule has 0 amide bonds. The number of aromatic nitrogens is 1. The maximum atomic E-state index is 5.19. The van der Waals surface area contributed by atoms with Gasteiger partial charge in [0.05, 0.1) is 4.90 Å². The van der Waals surface area contributed by atoms with Gasteiger partial charge in [0.15, 0.2) is 0 Å². The average Bonchev–Trinajstić information content (AvgIpc) is 2.58. The van der Waals surface area contributed by atoms with Gasteiger partial charge in [-0.3, -0.25) is 11.1 Å². The zero-order chi connectivity index (χ0) is 9.97. The third kappa shape index (κ3) is 1.67. The van der Waals surface area contributed by atoms with E-state index in [1.807, 2.05) is 30.5 Å². The largest absolute Gasteiger partial charge is 0.450 e. The van der Waals surface area contributed by atoms with Gasteiger partial charge in [-0.1, -0.05) is 18.2 Å². The number of hydrogen-bond donors (Lipinski definition) is 3. The molecule has 0 saturated heterocycles. The van der Waals surface area contributed by atoms with Gasteiger partial charge in [-0.2, -0.15) is 0 Å². The van der Waals surface area contributed by atoms with Crippen LogP contribution in [0.1, 0.15) is 0 Å². The molecule has 5 N–H and O–H groups in total. The molecule has 0 fully saturated rings. The Hall–Kier alpha value is -1.62. The summed E-state index contributed by atoms with van der Waals surface area (Å²) < 4.78 is 4.96. The van der Waals surface area contributed by atoms with Crippen molar-refractivity contribution in [3.63, 3.8) is 0 Å². The number of rotatable bonds is 2.